The summed E-state index contributed by atoms with van der Waals surface area (Å²) in [7, 11) is 0. The smallest absolute Gasteiger partial charge is 0.252 e. The Bertz CT molecular complexity index is 1050. The van der Waals surface area contributed by atoms with Gasteiger partial charge in [-0.25, -0.2) is 0 Å². The van der Waals surface area contributed by atoms with Gasteiger partial charge in [0.25, 0.3) is 11.8 Å². The molecule has 3 aromatic carbocycles. The van der Waals surface area contributed by atoms with Crippen LogP contribution in [-0.4, -0.2) is 17.9 Å². The van der Waals surface area contributed by atoms with Gasteiger partial charge in [-0.3, -0.25) is 9.59 Å². The highest BCUT2D eigenvalue weighted by Gasteiger charge is 2.12. The van der Waals surface area contributed by atoms with Crippen molar-refractivity contribution in [2.24, 2.45) is 5.73 Å². The van der Waals surface area contributed by atoms with Crippen molar-refractivity contribution in [1.29, 1.82) is 0 Å². The van der Waals surface area contributed by atoms with Crippen molar-refractivity contribution in [3.8, 4) is 5.75 Å². The summed E-state index contributed by atoms with van der Waals surface area (Å²) < 4.78 is 6.82. The first kappa shape index (κ1) is 22.6. The summed E-state index contributed by atoms with van der Waals surface area (Å²) in [4.78, 5) is 24.2. The largest absolute Gasteiger partial charge is 0.488 e. The molecule has 160 valence electrons. The highest BCUT2D eigenvalue weighted by atomic mass is 79.9. The molecule has 1 atom stereocenters. The molecule has 5 nitrogen and oxygen atoms in total. The fourth-order valence-electron chi connectivity index (χ4n) is 3.17. The van der Waals surface area contributed by atoms with Crippen LogP contribution in [0.4, 0.5) is 0 Å². The number of hydrogen-bond donors (Lipinski definition) is 2. The monoisotopic (exact) mass is 480 g/mol. The predicted molar refractivity (Wildman–Crippen MR) is 125 cm³/mol. The Kier molecular flexibility index (Phi) is 7.84. The van der Waals surface area contributed by atoms with E-state index in [1.807, 2.05) is 31.2 Å². The van der Waals surface area contributed by atoms with Crippen LogP contribution in [0.2, 0.25) is 0 Å². The van der Waals surface area contributed by atoms with Gasteiger partial charge in [-0.05, 0) is 67.3 Å². The number of amides is 2. The summed E-state index contributed by atoms with van der Waals surface area (Å²) in [6.45, 7) is 2.23. The normalized spacial score (nSPS) is 11.5. The molecule has 31 heavy (non-hydrogen) atoms. The molecule has 1 unspecified atom stereocenters. The van der Waals surface area contributed by atoms with Crippen molar-refractivity contribution in [3.63, 3.8) is 0 Å². The molecule has 0 aliphatic heterocycles. The molecule has 2 amide bonds. The zero-order chi connectivity index (χ0) is 22.2. The molecule has 0 radical (unpaired) electrons. The SMILES string of the molecule is CC(CCc1ccc(Br)cc1)NC(=O)c1cccc(COc2ccccc2C(N)=O)c1. The lowest BCUT2D eigenvalue weighted by atomic mass is 10.1. The van der Waals surface area contributed by atoms with Gasteiger partial charge in [-0.15, -0.1) is 0 Å². The molecule has 0 saturated carbocycles. The van der Waals surface area contributed by atoms with Crippen LogP contribution >= 0.6 is 15.9 Å². The van der Waals surface area contributed by atoms with Crippen LogP contribution in [0.5, 0.6) is 5.75 Å². The summed E-state index contributed by atoms with van der Waals surface area (Å²) in [5, 5.41) is 3.05. The molecule has 0 bridgehead atoms. The molecule has 0 saturated heterocycles. The first-order valence-electron chi connectivity index (χ1n) is 10.1. The fourth-order valence-corrected chi connectivity index (χ4v) is 3.44. The van der Waals surface area contributed by atoms with Gasteiger partial charge in [0, 0.05) is 16.1 Å². The molecule has 0 fully saturated rings. The van der Waals surface area contributed by atoms with E-state index in [4.69, 9.17) is 10.5 Å². The van der Waals surface area contributed by atoms with E-state index in [0.29, 0.717) is 16.9 Å². The number of nitrogens with two attached hydrogens (primary N) is 1. The number of rotatable bonds is 9. The highest BCUT2D eigenvalue weighted by molar-refractivity contribution is 9.10. The first-order valence-corrected chi connectivity index (χ1v) is 10.9. The van der Waals surface area contributed by atoms with Crippen LogP contribution in [-0.2, 0) is 13.0 Å². The van der Waals surface area contributed by atoms with E-state index in [1.165, 1.54) is 5.56 Å². The van der Waals surface area contributed by atoms with Crippen molar-refractivity contribution >= 4 is 27.7 Å². The van der Waals surface area contributed by atoms with E-state index < -0.39 is 5.91 Å². The number of primary amides is 1. The number of benzene rings is 3. The Morgan fingerprint density at radius 3 is 2.48 bits per heavy atom. The second-order valence-electron chi connectivity index (χ2n) is 7.39. The lowest BCUT2D eigenvalue weighted by Crippen LogP contribution is -2.32. The number of nitrogens with one attached hydrogen (secondary N) is 1. The first-order chi connectivity index (χ1) is 14.9. The number of halogens is 1. The maximum atomic E-state index is 12.7. The van der Waals surface area contributed by atoms with E-state index in [-0.39, 0.29) is 18.6 Å². The minimum Gasteiger partial charge on any atom is -0.488 e. The van der Waals surface area contributed by atoms with Crippen molar-refractivity contribution in [1.82, 2.24) is 5.32 Å². The van der Waals surface area contributed by atoms with Gasteiger partial charge in [-0.2, -0.15) is 0 Å². The van der Waals surface area contributed by atoms with Gasteiger partial charge < -0.3 is 15.8 Å². The Balaban J connectivity index is 1.56. The summed E-state index contributed by atoms with van der Waals surface area (Å²) in [5.41, 5.74) is 8.35. The topological polar surface area (TPSA) is 81.4 Å². The highest BCUT2D eigenvalue weighted by Crippen LogP contribution is 2.19. The van der Waals surface area contributed by atoms with Gasteiger partial charge >= 0.3 is 0 Å². The molecule has 3 aromatic rings. The lowest BCUT2D eigenvalue weighted by Gasteiger charge is -2.15. The van der Waals surface area contributed by atoms with E-state index >= 15 is 0 Å². The zero-order valence-corrected chi connectivity index (χ0v) is 18.9. The summed E-state index contributed by atoms with van der Waals surface area (Å²) in [5.74, 6) is -0.241. The van der Waals surface area contributed by atoms with E-state index in [2.05, 4.69) is 33.4 Å². The van der Waals surface area contributed by atoms with E-state index in [0.717, 1.165) is 22.9 Å². The number of para-hydroxylation sites is 1. The third-order valence-electron chi connectivity index (χ3n) is 4.89. The number of carbonyl (C=O) groups is 2. The molecular weight excluding hydrogens is 456 g/mol. The van der Waals surface area contributed by atoms with Gasteiger partial charge in [0.2, 0.25) is 0 Å². The molecule has 0 spiro atoms. The number of carbonyl (C=O) groups excluding carboxylic acids is 2. The van der Waals surface area contributed by atoms with Gasteiger partial charge in [0.05, 0.1) is 5.56 Å². The van der Waals surface area contributed by atoms with Crippen molar-refractivity contribution in [2.75, 3.05) is 0 Å². The van der Waals surface area contributed by atoms with Crippen molar-refractivity contribution < 1.29 is 14.3 Å². The summed E-state index contributed by atoms with van der Waals surface area (Å²) in [6.07, 6.45) is 1.74. The molecule has 3 N–H and O–H groups in total. The summed E-state index contributed by atoms with van der Waals surface area (Å²) in [6, 6.07) is 22.3. The maximum absolute atomic E-state index is 12.7. The Morgan fingerprint density at radius 1 is 1.00 bits per heavy atom. The number of aryl methyl sites for hydroxylation is 1. The van der Waals surface area contributed by atoms with Crippen molar-refractivity contribution in [2.45, 2.75) is 32.4 Å². The maximum Gasteiger partial charge on any atom is 0.252 e. The molecule has 0 aromatic heterocycles. The standard InChI is InChI=1S/C25H25BrN2O3/c1-17(9-10-18-11-13-21(26)14-12-18)28-25(30)20-6-4-5-19(15-20)16-31-23-8-3-2-7-22(23)24(27)29/h2-8,11-15,17H,9-10,16H2,1H3,(H2,27,29)(H,28,30). The van der Waals surface area contributed by atoms with E-state index in [1.54, 1.807) is 36.4 Å². The third-order valence-corrected chi connectivity index (χ3v) is 5.42. The number of ether oxygens (including phenoxy) is 1. The molecular formula is C25H25BrN2O3. The minimum atomic E-state index is -0.541. The van der Waals surface area contributed by atoms with Crippen LogP contribution in [0.25, 0.3) is 0 Å². The second kappa shape index (κ2) is 10.8. The minimum absolute atomic E-state index is 0.0403. The van der Waals surface area contributed by atoms with Gasteiger partial charge in [-0.1, -0.05) is 52.3 Å². The van der Waals surface area contributed by atoms with Crippen LogP contribution in [0.15, 0.2) is 77.3 Å². The molecule has 0 aliphatic rings. The van der Waals surface area contributed by atoms with Gasteiger partial charge in [0.15, 0.2) is 0 Å². The lowest BCUT2D eigenvalue weighted by molar-refractivity contribution is 0.0937. The molecule has 3 rings (SSSR count). The second-order valence-corrected chi connectivity index (χ2v) is 8.30. The average molecular weight is 481 g/mol. The quantitative estimate of drug-likeness (QED) is 0.457. The van der Waals surface area contributed by atoms with E-state index in [9.17, 15) is 9.59 Å². The predicted octanol–water partition coefficient (Wildman–Crippen LogP) is 4.88. The molecule has 0 heterocycles. The Hall–Kier alpha value is -3.12. The zero-order valence-electron chi connectivity index (χ0n) is 17.3. The van der Waals surface area contributed by atoms with Crippen LogP contribution < -0.4 is 15.8 Å². The van der Waals surface area contributed by atoms with Crippen LogP contribution in [0, 0.1) is 0 Å². The third kappa shape index (κ3) is 6.69. The molecule has 6 heteroatoms. The fraction of sp³-hybridized carbons (Fsp3) is 0.200. The van der Waals surface area contributed by atoms with Crippen molar-refractivity contribution in [3.05, 3.63) is 99.5 Å². The average Bonchev–Trinajstić information content (AvgIpc) is 2.77. The number of hydrogen-bond acceptors (Lipinski definition) is 3. The summed E-state index contributed by atoms with van der Waals surface area (Å²) >= 11 is 3.44. The molecule has 0 aliphatic carbocycles. The van der Waals surface area contributed by atoms with Crippen LogP contribution in [0.3, 0.4) is 0 Å². The van der Waals surface area contributed by atoms with Crippen LogP contribution in [0.1, 0.15) is 45.2 Å². The Morgan fingerprint density at radius 2 is 1.74 bits per heavy atom. The Labute approximate surface area is 190 Å². The van der Waals surface area contributed by atoms with Gasteiger partial charge in [0.1, 0.15) is 12.4 Å².